The Morgan fingerprint density at radius 1 is 1.04 bits per heavy atom. The summed E-state index contributed by atoms with van der Waals surface area (Å²) in [5.74, 6) is 0.196. The maximum atomic E-state index is 13.3. The average molecular weight is 372 g/mol. The minimum Gasteiger partial charge on any atom is -0.355 e. The van der Waals surface area contributed by atoms with Gasteiger partial charge in [-0.15, -0.1) is 0 Å². The predicted octanol–water partition coefficient (Wildman–Crippen LogP) is 3.40. The van der Waals surface area contributed by atoms with Gasteiger partial charge in [0.2, 0.25) is 11.8 Å². The molecule has 1 saturated heterocycles. The van der Waals surface area contributed by atoms with Crippen LogP contribution < -0.4 is 5.32 Å². The Bertz CT molecular complexity index is 693. The first-order chi connectivity index (χ1) is 13.1. The lowest BCUT2D eigenvalue weighted by Gasteiger charge is -2.34. The number of rotatable bonds is 5. The summed E-state index contributed by atoms with van der Waals surface area (Å²) in [5.41, 5.74) is 1.04. The molecule has 146 valence electrons. The highest BCUT2D eigenvalue weighted by Crippen LogP contribution is 2.40. The molecule has 4 nitrogen and oxygen atoms in total. The molecule has 1 heterocycles. The largest absolute Gasteiger partial charge is 0.355 e. The van der Waals surface area contributed by atoms with Gasteiger partial charge >= 0.3 is 0 Å². The number of likely N-dealkylation sites (tertiary alicyclic amines) is 1. The molecule has 0 bridgehead atoms. The molecule has 1 atom stereocenters. The molecule has 0 spiro atoms. The van der Waals surface area contributed by atoms with Crippen molar-refractivity contribution in [1.29, 1.82) is 0 Å². The zero-order valence-corrected chi connectivity index (χ0v) is 15.9. The van der Waals surface area contributed by atoms with E-state index in [4.69, 9.17) is 0 Å². The molecule has 2 saturated carbocycles. The fourth-order valence-corrected chi connectivity index (χ4v) is 4.80. The monoisotopic (exact) mass is 372 g/mol. The third kappa shape index (κ3) is 4.02. The van der Waals surface area contributed by atoms with Crippen molar-refractivity contribution < 1.29 is 14.0 Å². The SMILES string of the molecule is O=C(NCC1(c2ccc(F)cc2)CCCC1)C1CCCN(C(=O)C2CC2)C1. The summed E-state index contributed by atoms with van der Waals surface area (Å²) in [7, 11) is 0. The molecule has 5 heteroatoms. The molecule has 2 amide bonds. The van der Waals surface area contributed by atoms with Gasteiger partial charge in [-0.25, -0.2) is 4.39 Å². The lowest BCUT2D eigenvalue weighted by molar-refractivity contribution is -0.136. The summed E-state index contributed by atoms with van der Waals surface area (Å²) in [6.45, 7) is 1.95. The molecule has 1 aromatic carbocycles. The van der Waals surface area contributed by atoms with Gasteiger partial charge in [0.1, 0.15) is 5.82 Å². The van der Waals surface area contributed by atoms with E-state index in [-0.39, 0.29) is 34.9 Å². The number of piperidine rings is 1. The molecular weight excluding hydrogens is 343 g/mol. The van der Waals surface area contributed by atoms with Gasteiger partial charge in [0.25, 0.3) is 0 Å². The number of carbonyl (C=O) groups excluding carboxylic acids is 2. The fourth-order valence-electron chi connectivity index (χ4n) is 4.80. The summed E-state index contributed by atoms with van der Waals surface area (Å²) in [6.07, 6.45) is 8.09. The van der Waals surface area contributed by atoms with E-state index >= 15 is 0 Å². The molecule has 3 fully saturated rings. The van der Waals surface area contributed by atoms with E-state index in [0.29, 0.717) is 13.1 Å². The van der Waals surface area contributed by atoms with Crippen molar-refractivity contribution in [2.45, 2.75) is 56.8 Å². The van der Waals surface area contributed by atoms with Crippen molar-refractivity contribution in [3.63, 3.8) is 0 Å². The topological polar surface area (TPSA) is 49.4 Å². The zero-order valence-electron chi connectivity index (χ0n) is 15.9. The number of nitrogens with zero attached hydrogens (tertiary/aromatic N) is 1. The molecule has 0 radical (unpaired) electrons. The summed E-state index contributed by atoms with van der Waals surface area (Å²) < 4.78 is 13.3. The standard InChI is InChI=1S/C22H29FN2O2/c23-19-9-7-18(8-10-19)22(11-1-2-12-22)15-24-20(26)17-4-3-13-25(14-17)21(27)16-5-6-16/h7-10,16-17H,1-6,11-15H2,(H,24,26). The molecule has 1 N–H and O–H groups in total. The fraction of sp³-hybridized carbons (Fsp3) is 0.636. The van der Waals surface area contributed by atoms with E-state index in [1.165, 1.54) is 12.1 Å². The maximum absolute atomic E-state index is 13.3. The quantitative estimate of drug-likeness (QED) is 0.861. The molecule has 0 aromatic heterocycles. The zero-order chi connectivity index (χ0) is 18.9. The first kappa shape index (κ1) is 18.5. The van der Waals surface area contributed by atoms with Gasteiger partial charge in [-0.2, -0.15) is 0 Å². The molecule has 1 aliphatic heterocycles. The lowest BCUT2D eigenvalue weighted by Crippen LogP contribution is -2.48. The molecule has 1 aromatic rings. The van der Waals surface area contributed by atoms with E-state index in [2.05, 4.69) is 5.32 Å². The first-order valence-corrected chi connectivity index (χ1v) is 10.4. The minimum absolute atomic E-state index is 0.0664. The third-order valence-corrected chi connectivity index (χ3v) is 6.65. The van der Waals surface area contributed by atoms with Gasteiger partial charge in [-0.3, -0.25) is 9.59 Å². The number of halogens is 1. The van der Waals surface area contributed by atoms with Crippen molar-refractivity contribution in [3.05, 3.63) is 35.6 Å². The van der Waals surface area contributed by atoms with Crippen LogP contribution in [0.3, 0.4) is 0 Å². The van der Waals surface area contributed by atoms with Gasteiger partial charge in [0.05, 0.1) is 5.92 Å². The Morgan fingerprint density at radius 3 is 2.41 bits per heavy atom. The van der Waals surface area contributed by atoms with Gasteiger partial charge in [0.15, 0.2) is 0 Å². The number of hydrogen-bond acceptors (Lipinski definition) is 2. The van der Waals surface area contributed by atoms with Gasteiger partial charge < -0.3 is 10.2 Å². The molecule has 3 aliphatic rings. The summed E-state index contributed by atoms with van der Waals surface area (Å²) >= 11 is 0. The van der Waals surface area contributed by atoms with Crippen molar-refractivity contribution in [1.82, 2.24) is 10.2 Å². The van der Waals surface area contributed by atoms with Crippen molar-refractivity contribution in [2.75, 3.05) is 19.6 Å². The molecule has 2 aliphatic carbocycles. The molecule has 27 heavy (non-hydrogen) atoms. The summed E-state index contributed by atoms with van der Waals surface area (Å²) in [5, 5.41) is 3.18. The van der Waals surface area contributed by atoms with Crippen LogP contribution in [0.4, 0.5) is 4.39 Å². The highest BCUT2D eigenvalue weighted by molar-refractivity contribution is 5.83. The van der Waals surface area contributed by atoms with Crippen molar-refractivity contribution in [3.8, 4) is 0 Å². The molecule has 1 unspecified atom stereocenters. The summed E-state index contributed by atoms with van der Waals surface area (Å²) in [6, 6.07) is 6.76. The lowest BCUT2D eigenvalue weighted by atomic mass is 9.78. The second-order valence-corrected chi connectivity index (χ2v) is 8.61. The van der Waals surface area contributed by atoms with E-state index in [0.717, 1.165) is 63.5 Å². The number of hydrogen-bond donors (Lipinski definition) is 1. The van der Waals surface area contributed by atoms with Crippen LogP contribution in [0.15, 0.2) is 24.3 Å². The van der Waals surface area contributed by atoms with Crippen molar-refractivity contribution >= 4 is 11.8 Å². The highest BCUT2D eigenvalue weighted by atomic mass is 19.1. The van der Waals surface area contributed by atoms with Crippen LogP contribution in [0.5, 0.6) is 0 Å². The predicted molar refractivity (Wildman–Crippen MR) is 102 cm³/mol. The van der Waals surface area contributed by atoms with Crippen LogP contribution in [-0.2, 0) is 15.0 Å². The second kappa shape index (κ2) is 7.61. The van der Waals surface area contributed by atoms with E-state index in [9.17, 15) is 14.0 Å². The van der Waals surface area contributed by atoms with Crippen LogP contribution in [0.1, 0.15) is 56.9 Å². The average Bonchev–Trinajstić information content (AvgIpc) is 3.44. The molecule has 4 rings (SSSR count). The smallest absolute Gasteiger partial charge is 0.225 e. The van der Waals surface area contributed by atoms with Crippen LogP contribution in [0.25, 0.3) is 0 Å². The van der Waals surface area contributed by atoms with Gasteiger partial charge in [-0.05, 0) is 56.2 Å². The molecular formula is C22H29FN2O2. The normalized spacial score (nSPS) is 24.6. The Balaban J connectivity index is 1.38. The highest BCUT2D eigenvalue weighted by Gasteiger charge is 2.39. The first-order valence-electron chi connectivity index (χ1n) is 10.4. The summed E-state index contributed by atoms with van der Waals surface area (Å²) in [4.78, 5) is 27.0. The van der Waals surface area contributed by atoms with E-state index in [1.54, 1.807) is 0 Å². The van der Waals surface area contributed by atoms with E-state index in [1.807, 2.05) is 17.0 Å². The van der Waals surface area contributed by atoms with E-state index < -0.39 is 0 Å². The number of amides is 2. The van der Waals surface area contributed by atoms with Gasteiger partial charge in [-0.1, -0.05) is 25.0 Å². The van der Waals surface area contributed by atoms with Crippen LogP contribution >= 0.6 is 0 Å². The third-order valence-electron chi connectivity index (χ3n) is 6.65. The van der Waals surface area contributed by atoms with Crippen LogP contribution in [-0.4, -0.2) is 36.3 Å². The Kier molecular flexibility index (Phi) is 5.20. The van der Waals surface area contributed by atoms with Crippen molar-refractivity contribution in [2.24, 2.45) is 11.8 Å². The Hall–Kier alpha value is -1.91. The maximum Gasteiger partial charge on any atom is 0.225 e. The number of carbonyl (C=O) groups is 2. The van der Waals surface area contributed by atoms with Crippen LogP contribution in [0, 0.1) is 17.7 Å². The number of benzene rings is 1. The second-order valence-electron chi connectivity index (χ2n) is 8.61. The van der Waals surface area contributed by atoms with Gasteiger partial charge in [0, 0.05) is 31.0 Å². The Morgan fingerprint density at radius 2 is 1.74 bits per heavy atom. The number of nitrogens with one attached hydrogen (secondary N) is 1. The Labute approximate surface area is 160 Å². The van der Waals surface area contributed by atoms with Crippen LogP contribution in [0.2, 0.25) is 0 Å². The minimum atomic E-state index is -0.224.